The molecule has 3 heteroatoms. The molecule has 1 aromatic rings. The first-order chi connectivity index (χ1) is 8.20. The van der Waals surface area contributed by atoms with Crippen molar-refractivity contribution in [2.75, 3.05) is 0 Å². The summed E-state index contributed by atoms with van der Waals surface area (Å²) < 4.78 is 0. The van der Waals surface area contributed by atoms with Crippen molar-refractivity contribution >= 4 is 11.3 Å². The van der Waals surface area contributed by atoms with E-state index in [4.69, 9.17) is 0 Å². The number of rotatable bonds is 4. The average molecular weight is 252 g/mol. The van der Waals surface area contributed by atoms with E-state index in [2.05, 4.69) is 36.5 Å². The molecule has 3 unspecified atom stereocenters. The van der Waals surface area contributed by atoms with Crippen LogP contribution in [-0.4, -0.2) is 11.0 Å². The number of nitrogens with zero attached hydrogens (tertiary/aromatic N) is 1. The lowest BCUT2D eigenvalue weighted by Crippen LogP contribution is -2.39. The van der Waals surface area contributed by atoms with Crippen LogP contribution < -0.4 is 5.32 Å². The van der Waals surface area contributed by atoms with E-state index in [1.807, 2.05) is 0 Å². The second kappa shape index (κ2) is 5.96. The minimum atomic E-state index is 0.408. The fourth-order valence-electron chi connectivity index (χ4n) is 2.88. The van der Waals surface area contributed by atoms with Crippen LogP contribution in [0.25, 0.3) is 0 Å². The molecule has 1 aliphatic rings. The monoisotopic (exact) mass is 252 g/mol. The molecule has 1 aliphatic carbocycles. The van der Waals surface area contributed by atoms with Crippen molar-refractivity contribution in [2.45, 2.75) is 65.0 Å². The van der Waals surface area contributed by atoms with E-state index in [-0.39, 0.29) is 0 Å². The summed E-state index contributed by atoms with van der Waals surface area (Å²) in [4.78, 5) is 4.58. The zero-order chi connectivity index (χ0) is 12.3. The number of thiazole rings is 1. The highest BCUT2D eigenvalue weighted by Gasteiger charge is 2.25. The Labute approximate surface area is 109 Å². The van der Waals surface area contributed by atoms with Gasteiger partial charge in [0.1, 0.15) is 5.01 Å². The van der Waals surface area contributed by atoms with Gasteiger partial charge in [-0.2, -0.15) is 0 Å². The van der Waals surface area contributed by atoms with Crippen LogP contribution in [0.1, 0.15) is 62.7 Å². The Kier molecular flexibility index (Phi) is 4.57. The molecule has 96 valence electrons. The van der Waals surface area contributed by atoms with Gasteiger partial charge in [0.25, 0.3) is 0 Å². The van der Waals surface area contributed by atoms with Gasteiger partial charge in [-0.15, -0.1) is 11.3 Å². The topological polar surface area (TPSA) is 24.9 Å². The van der Waals surface area contributed by atoms with Crippen molar-refractivity contribution in [2.24, 2.45) is 5.92 Å². The number of nitrogens with one attached hydrogen (secondary N) is 1. The van der Waals surface area contributed by atoms with Crippen molar-refractivity contribution in [1.29, 1.82) is 0 Å². The van der Waals surface area contributed by atoms with Crippen molar-refractivity contribution in [3.05, 3.63) is 16.1 Å². The fraction of sp³-hybridized carbons (Fsp3) is 0.786. The van der Waals surface area contributed by atoms with Crippen LogP contribution in [0, 0.1) is 12.8 Å². The van der Waals surface area contributed by atoms with Gasteiger partial charge < -0.3 is 5.32 Å². The SMILES string of the molecule is CCC1CCCCC1NC(C)c1nc(C)cs1. The van der Waals surface area contributed by atoms with E-state index in [0.717, 1.165) is 11.6 Å². The van der Waals surface area contributed by atoms with Crippen LogP contribution in [0.3, 0.4) is 0 Å². The summed E-state index contributed by atoms with van der Waals surface area (Å²) in [6.07, 6.45) is 6.85. The van der Waals surface area contributed by atoms with Crippen LogP contribution in [-0.2, 0) is 0 Å². The van der Waals surface area contributed by atoms with Gasteiger partial charge in [0, 0.05) is 17.1 Å². The summed E-state index contributed by atoms with van der Waals surface area (Å²) in [5.74, 6) is 0.868. The second-order valence-corrected chi connectivity index (χ2v) is 6.16. The Hall–Kier alpha value is -0.410. The molecule has 1 fully saturated rings. The highest BCUT2D eigenvalue weighted by Crippen LogP contribution is 2.29. The molecule has 2 nitrogen and oxygen atoms in total. The minimum Gasteiger partial charge on any atom is -0.305 e. The van der Waals surface area contributed by atoms with Gasteiger partial charge >= 0.3 is 0 Å². The molecule has 1 aromatic heterocycles. The van der Waals surface area contributed by atoms with Crippen molar-refractivity contribution in [1.82, 2.24) is 10.3 Å². The van der Waals surface area contributed by atoms with Gasteiger partial charge in [0.05, 0.1) is 6.04 Å². The Balaban J connectivity index is 1.94. The number of aryl methyl sites for hydroxylation is 1. The zero-order valence-electron chi connectivity index (χ0n) is 11.2. The first-order valence-corrected chi connectivity index (χ1v) is 7.76. The number of hydrogen-bond donors (Lipinski definition) is 1. The predicted octanol–water partition coefficient (Wildman–Crippen LogP) is 4.07. The molecular formula is C14H24N2S. The van der Waals surface area contributed by atoms with Gasteiger partial charge in [-0.1, -0.05) is 26.2 Å². The third kappa shape index (κ3) is 3.29. The van der Waals surface area contributed by atoms with Gasteiger partial charge in [0.15, 0.2) is 0 Å². The van der Waals surface area contributed by atoms with Gasteiger partial charge in [-0.3, -0.25) is 0 Å². The minimum absolute atomic E-state index is 0.408. The molecular weight excluding hydrogens is 228 g/mol. The maximum Gasteiger partial charge on any atom is 0.110 e. The lowest BCUT2D eigenvalue weighted by atomic mass is 9.82. The predicted molar refractivity (Wildman–Crippen MR) is 74.4 cm³/mol. The summed E-state index contributed by atoms with van der Waals surface area (Å²) in [6, 6.07) is 1.11. The van der Waals surface area contributed by atoms with E-state index in [0.29, 0.717) is 12.1 Å². The molecule has 2 rings (SSSR count). The first-order valence-electron chi connectivity index (χ1n) is 6.88. The third-order valence-corrected chi connectivity index (χ3v) is 5.05. The van der Waals surface area contributed by atoms with Crippen LogP contribution in [0.5, 0.6) is 0 Å². The van der Waals surface area contributed by atoms with Crippen LogP contribution >= 0.6 is 11.3 Å². The van der Waals surface area contributed by atoms with Crippen LogP contribution in [0.2, 0.25) is 0 Å². The smallest absolute Gasteiger partial charge is 0.110 e. The Morgan fingerprint density at radius 3 is 2.88 bits per heavy atom. The summed E-state index contributed by atoms with van der Waals surface area (Å²) in [5.41, 5.74) is 1.15. The normalized spacial score (nSPS) is 27.0. The van der Waals surface area contributed by atoms with E-state index in [1.54, 1.807) is 11.3 Å². The van der Waals surface area contributed by atoms with Crippen LogP contribution in [0.4, 0.5) is 0 Å². The van der Waals surface area contributed by atoms with E-state index in [9.17, 15) is 0 Å². The first kappa shape index (κ1) is 13.0. The summed E-state index contributed by atoms with van der Waals surface area (Å²) in [5, 5.41) is 7.18. The molecule has 0 aliphatic heterocycles. The number of aromatic nitrogens is 1. The van der Waals surface area contributed by atoms with Gasteiger partial charge in [-0.25, -0.2) is 4.98 Å². The molecule has 17 heavy (non-hydrogen) atoms. The molecule has 3 atom stereocenters. The molecule has 0 saturated heterocycles. The molecule has 1 N–H and O–H groups in total. The molecule has 1 saturated carbocycles. The van der Waals surface area contributed by atoms with Crippen molar-refractivity contribution < 1.29 is 0 Å². The maximum absolute atomic E-state index is 4.58. The Morgan fingerprint density at radius 2 is 2.24 bits per heavy atom. The molecule has 0 amide bonds. The average Bonchev–Trinajstić information content (AvgIpc) is 2.77. The summed E-state index contributed by atoms with van der Waals surface area (Å²) in [7, 11) is 0. The van der Waals surface area contributed by atoms with Gasteiger partial charge in [-0.05, 0) is 32.6 Å². The van der Waals surface area contributed by atoms with Crippen molar-refractivity contribution in [3.63, 3.8) is 0 Å². The van der Waals surface area contributed by atoms with E-state index < -0.39 is 0 Å². The maximum atomic E-state index is 4.58. The standard InChI is InChI=1S/C14H24N2S/c1-4-12-7-5-6-8-13(12)16-11(3)14-15-10(2)9-17-14/h9,11-13,16H,4-8H2,1-3H3. The quantitative estimate of drug-likeness (QED) is 0.873. The highest BCUT2D eigenvalue weighted by atomic mass is 32.1. The largest absolute Gasteiger partial charge is 0.305 e. The molecule has 0 aromatic carbocycles. The summed E-state index contributed by atoms with van der Waals surface area (Å²) >= 11 is 1.78. The number of hydrogen-bond acceptors (Lipinski definition) is 3. The van der Waals surface area contributed by atoms with E-state index >= 15 is 0 Å². The lowest BCUT2D eigenvalue weighted by Gasteiger charge is -2.33. The molecule has 0 bridgehead atoms. The highest BCUT2D eigenvalue weighted by molar-refractivity contribution is 7.09. The Bertz CT molecular complexity index is 348. The van der Waals surface area contributed by atoms with Crippen molar-refractivity contribution in [3.8, 4) is 0 Å². The van der Waals surface area contributed by atoms with E-state index in [1.165, 1.54) is 37.1 Å². The molecule has 0 spiro atoms. The fourth-order valence-corrected chi connectivity index (χ4v) is 3.69. The Morgan fingerprint density at radius 1 is 1.47 bits per heavy atom. The lowest BCUT2D eigenvalue weighted by molar-refractivity contribution is 0.240. The molecule has 0 radical (unpaired) electrons. The second-order valence-electron chi connectivity index (χ2n) is 5.27. The van der Waals surface area contributed by atoms with Gasteiger partial charge in [0.2, 0.25) is 0 Å². The summed E-state index contributed by atoms with van der Waals surface area (Å²) in [6.45, 7) is 6.64. The molecule has 1 heterocycles. The van der Waals surface area contributed by atoms with Crippen LogP contribution in [0.15, 0.2) is 5.38 Å². The third-order valence-electron chi connectivity index (χ3n) is 3.90. The zero-order valence-corrected chi connectivity index (χ0v) is 12.0.